The molecule has 1 heterocycles. The van der Waals surface area contributed by atoms with Gasteiger partial charge in [0.25, 0.3) is 0 Å². The molecule has 0 bridgehead atoms. The molecule has 18 heavy (non-hydrogen) atoms. The molecule has 1 aliphatic rings. The molecular weight excluding hydrogens is 320 g/mol. The lowest BCUT2D eigenvalue weighted by Crippen LogP contribution is -2.56. The number of piperazine rings is 1. The van der Waals surface area contributed by atoms with Crippen LogP contribution in [0.2, 0.25) is 0 Å². The molecular formula is C11H21BrN2O3S. The third-order valence-electron chi connectivity index (χ3n) is 3.50. The average Bonchev–Trinajstić information content (AvgIpc) is 2.28. The summed E-state index contributed by atoms with van der Waals surface area (Å²) in [7, 11) is -3.39. The third kappa shape index (κ3) is 3.45. The Hall–Kier alpha value is -0.140. The molecule has 1 amide bonds. The van der Waals surface area contributed by atoms with Crippen molar-refractivity contribution in [3.05, 3.63) is 0 Å². The summed E-state index contributed by atoms with van der Waals surface area (Å²) >= 11 is 3.39. The number of nitrogens with zero attached hydrogens (tertiary/aromatic N) is 2. The van der Waals surface area contributed by atoms with Crippen LogP contribution in [0.5, 0.6) is 0 Å². The number of amides is 1. The fourth-order valence-electron chi connectivity index (χ4n) is 1.83. The molecule has 1 rings (SSSR count). The zero-order valence-corrected chi connectivity index (χ0v) is 13.6. The monoisotopic (exact) mass is 340 g/mol. The smallest absolute Gasteiger partial charge is 0.243 e. The summed E-state index contributed by atoms with van der Waals surface area (Å²) in [5.41, 5.74) is 0. The maximum atomic E-state index is 12.3. The molecule has 0 spiro atoms. The van der Waals surface area contributed by atoms with E-state index >= 15 is 0 Å². The van der Waals surface area contributed by atoms with Crippen molar-refractivity contribution in [1.29, 1.82) is 0 Å². The fraction of sp³-hybridized carbons (Fsp3) is 0.909. The predicted molar refractivity (Wildman–Crippen MR) is 75.7 cm³/mol. The predicted octanol–water partition coefficient (Wildman–Crippen LogP) is 0.349. The van der Waals surface area contributed by atoms with Gasteiger partial charge in [0, 0.05) is 44.3 Å². The zero-order valence-electron chi connectivity index (χ0n) is 11.1. The first-order chi connectivity index (χ1) is 8.20. The normalized spacial score (nSPS) is 19.0. The van der Waals surface area contributed by atoms with Crippen LogP contribution in [0.15, 0.2) is 0 Å². The van der Waals surface area contributed by atoms with E-state index in [0.29, 0.717) is 13.1 Å². The number of hydrogen-bond donors (Lipinski definition) is 0. The van der Waals surface area contributed by atoms with Crippen molar-refractivity contribution in [3.8, 4) is 0 Å². The molecule has 5 nitrogen and oxygen atoms in total. The molecule has 106 valence electrons. The molecule has 7 heteroatoms. The van der Waals surface area contributed by atoms with Gasteiger partial charge >= 0.3 is 0 Å². The minimum atomic E-state index is -3.39. The van der Waals surface area contributed by atoms with Crippen molar-refractivity contribution >= 4 is 31.7 Å². The lowest BCUT2D eigenvalue weighted by atomic mass is 10.1. The summed E-state index contributed by atoms with van der Waals surface area (Å²) in [5.74, 6) is -0.288. The van der Waals surface area contributed by atoms with Crippen LogP contribution in [0.1, 0.15) is 13.8 Å². The summed E-state index contributed by atoms with van der Waals surface area (Å²) in [6.07, 6.45) is 1.12. The Labute approximate surface area is 118 Å². The molecule has 0 aromatic heterocycles. The minimum Gasteiger partial charge on any atom is -0.339 e. The molecule has 0 aliphatic carbocycles. The van der Waals surface area contributed by atoms with Crippen molar-refractivity contribution in [3.63, 3.8) is 0 Å². The van der Waals surface area contributed by atoms with Crippen LogP contribution in [0, 0.1) is 0 Å². The number of alkyl halides is 1. The van der Waals surface area contributed by atoms with Gasteiger partial charge in [-0.2, -0.15) is 0 Å². The first-order valence-corrected chi connectivity index (χ1v) is 8.98. The van der Waals surface area contributed by atoms with E-state index in [-0.39, 0.29) is 5.91 Å². The lowest BCUT2D eigenvalue weighted by Gasteiger charge is -2.37. The van der Waals surface area contributed by atoms with Crippen molar-refractivity contribution < 1.29 is 13.2 Å². The molecule has 0 saturated carbocycles. The number of halogens is 1. The Morgan fingerprint density at radius 2 is 1.72 bits per heavy atom. The van der Waals surface area contributed by atoms with E-state index in [1.165, 1.54) is 13.8 Å². The standard InChI is InChI=1S/C11H21BrN2O3S/c1-11(2,18(3,16)17)10(15)14-8-6-13(5-4-12)7-9-14/h4-9H2,1-3H3. The average molecular weight is 341 g/mol. The van der Waals surface area contributed by atoms with Gasteiger partial charge in [-0.15, -0.1) is 0 Å². The van der Waals surface area contributed by atoms with Gasteiger partial charge in [0.15, 0.2) is 9.84 Å². The highest BCUT2D eigenvalue weighted by Gasteiger charge is 2.41. The summed E-state index contributed by atoms with van der Waals surface area (Å²) in [4.78, 5) is 16.2. The number of carbonyl (C=O) groups excluding carboxylic acids is 1. The van der Waals surface area contributed by atoms with Crippen LogP contribution in [0.3, 0.4) is 0 Å². The highest BCUT2D eigenvalue weighted by Crippen LogP contribution is 2.19. The van der Waals surface area contributed by atoms with Gasteiger partial charge in [-0.3, -0.25) is 9.69 Å². The Bertz CT molecular complexity index is 401. The third-order valence-corrected chi connectivity index (χ3v) is 5.89. The first-order valence-electron chi connectivity index (χ1n) is 5.97. The Morgan fingerprint density at radius 1 is 1.22 bits per heavy atom. The SMILES string of the molecule is CC(C)(C(=O)N1CCN(CCBr)CC1)S(C)(=O)=O. The van der Waals surface area contributed by atoms with E-state index in [4.69, 9.17) is 0 Å². The minimum absolute atomic E-state index is 0.288. The molecule has 1 aliphatic heterocycles. The summed E-state index contributed by atoms with van der Waals surface area (Å²) in [5, 5.41) is 0.912. The number of carbonyl (C=O) groups is 1. The van der Waals surface area contributed by atoms with Crippen molar-refractivity contribution in [2.75, 3.05) is 44.3 Å². The summed E-state index contributed by atoms with van der Waals surface area (Å²) in [6.45, 7) is 6.73. The number of sulfone groups is 1. The second-order valence-corrected chi connectivity index (χ2v) is 8.46. The summed E-state index contributed by atoms with van der Waals surface area (Å²) in [6, 6.07) is 0. The van der Waals surface area contributed by atoms with E-state index in [9.17, 15) is 13.2 Å². The molecule has 0 unspecified atom stereocenters. The first kappa shape index (κ1) is 15.9. The van der Waals surface area contributed by atoms with Crippen LogP contribution in [-0.2, 0) is 14.6 Å². The fourth-order valence-corrected chi connectivity index (χ4v) is 2.78. The van der Waals surface area contributed by atoms with E-state index in [0.717, 1.165) is 31.2 Å². The van der Waals surface area contributed by atoms with Crippen LogP contribution < -0.4 is 0 Å². The second-order valence-electron chi connectivity index (χ2n) is 5.11. The highest BCUT2D eigenvalue weighted by molar-refractivity contribution is 9.09. The van der Waals surface area contributed by atoms with Gasteiger partial charge in [-0.1, -0.05) is 15.9 Å². The Balaban J connectivity index is 2.66. The molecule has 1 fully saturated rings. The maximum Gasteiger partial charge on any atom is 0.243 e. The maximum absolute atomic E-state index is 12.3. The molecule has 0 N–H and O–H groups in total. The molecule has 0 aromatic rings. The molecule has 0 aromatic carbocycles. The van der Waals surface area contributed by atoms with E-state index < -0.39 is 14.6 Å². The van der Waals surface area contributed by atoms with Crippen LogP contribution in [0.25, 0.3) is 0 Å². The zero-order chi connectivity index (χ0) is 14.0. The van der Waals surface area contributed by atoms with Crippen LogP contribution >= 0.6 is 15.9 Å². The second kappa shape index (κ2) is 5.88. The molecule has 0 radical (unpaired) electrons. The van der Waals surface area contributed by atoms with Gasteiger partial charge in [0.05, 0.1) is 0 Å². The largest absolute Gasteiger partial charge is 0.339 e. The lowest BCUT2D eigenvalue weighted by molar-refractivity contribution is -0.134. The Kier molecular flexibility index (Phi) is 5.20. The molecule has 0 atom stereocenters. The van der Waals surface area contributed by atoms with Crippen molar-refractivity contribution in [2.24, 2.45) is 0 Å². The summed E-state index contributed by atoms with van der Waals surface area (Å²) < 4.78 is 22.0. The van der Waals surface area contributed by atoms with Gasteiger partial charge in [0.1, 0.15) is 4.75 Å². The van der Waals surface area contributed by atoms with E-state index in [1.54, 1.807) is 4.90 Å². The quantitative estimate of drug-likeness (QED) is 0.693. The number of rotatable bonds is 4. The van der Waals surface area contributed by atoms with Crippen LogP contribution in [-0.4, -0.2) is 73.2 Å². The van der Waals surface area contributed by atoms with Gasteiger partial charge in [-0.25, -0.2) is 8.42 Å². The van der Waals surface area contributed by atoms with E-state index in [1.807, 2.05) is 0 Å². The Morgan fingerprint density at radius 3 is 2.11 bits per heavy atom. The van der Waals surface area contributed by atoms with Crippen molar-refractivity contribution in [2.45, 2.75) is 18.6 Å². The van der Waals surface area contributed by atoms with Crippen molar-refractivity contribution in [1.82, 2.24) is 9.80 Å². The van der Waals surface area contributed by atoms with Crippen LogP contribution in [0.4, 0.5) is 0 Å². The van der Waals surface area contributed by atoms with Gasteiger partial charge in [0.2, 0.25) is 5.91 Å². The highest BCUT2D eigenvalue weighted by atomic mass is 79.9. The topological polar surface area (TPSA) is 57.7 Å². The van der Waals surface area contributed by atoms with E-state index in [2.05, 4.69) is 20.8 Å². The number of hydrogen-bond acceptors (Lipinski definition) is 4. The van der Waals surface area contributed by atoms with Gasteiger partial charge < -0.3 is 4.90 Å². The van der Waals surface area contributed by atoms with Gasteiger partial charge in [-0.05, 0) is 13.8 Å². The molecule has 1 saturated heterocycles.